The number of aromatic nitrogens is 2. The van der Waals surface area contributed by atoms with Crippen molar-refractivity contribution in [2.24, 2.45) is 5.92 Å². The lowest BCUT2D eigenvalue weighted by Crippen LogP contribution is -2.33. The minimum absolute atomic E-state index is 0.00788. The van der Waals surface area contributed by atoms with E-state index in [0.29, 0.717) is 12.4 Å². The Bertz CT molecular complexity index is 1320. The molecule has 1 fully saturated rings. The number of carbonyl (C=O) groups is 2. The summed E-state index contributed by atoms with van der Waals surface area (Å²) in [4.78, 5) is 33.7. The zero-order valence-electron chi connectivity index (χ0n) is 25.1. The number of allylic oxidation sites excluding steroid dienone is 1. The van der Waals surface area contributed by atoms with E-state index in [0.717, 1.165) is 89.4 Å². The first-order valence-electron chi connectivity index (χ1n) is 14.2. The summed E-state index contributed by atoms with van der Waals surface area (Å²) in [5.41, 5.74) is 3.71. The first-order chi connectivity index (χ1) is 19.7. The summed E-state index contributed by atoms with van der Waals surface area (Å²) >= 11 is 1.61. The van der Waals surface area contributed by atoms with Crippen molar-refractivity contribution < 1.29 is 23.8 Å². The number of nitrogens with zero attached hydrogens (tertiary/aromatic N) is 3. The van der Waals surface area contributed by atoms with E-state index in [1.807, 2.05) is 43.1 Å². The fraction of sp³-hybridized carbons (Fsp3) is 0.500. The third-order valence-electron chi connectivity index (χ3n) is 7.35. The maximum atomic E-state index is 13.1. The molecule has 0 radical (unpaired) electrons. The summed E-state index contributed by atoms with van der Waals surface area (Å²) in [5.74, 6) is 2.19. The molecular weight excluding hydrogens is 538 g/mol. The van der Waals surface area contributed by atoms with Gasteiger partial charge in [-0.2, -0.15) is 0 Å². The number of rotatable bonds is 12. The lowest BCUT2D eigenvalue weighted by molar-refractivity contribution is -0.134. The van der Waals surface area contributed by atoms with Crippen LogP contribution in [0.3, 0.4) is 0 Å². The molecule has 2 aromatic heterocycles. The Balaban J connectivity index is 0.00000108. The van der Waals surface area contributed by atoms with Gasteiger partial charge in [0.25, 0.3) is 6.47 Å². The zero-order chi connectivity index (χ0) is 29.9. The summed E-state index contributed by atoms with van der Waals surface area (Å²) in [6, 6.07) is 6.00. The molecule has 8 nitrogen and oxygen atoms in total. The van der Waals surface area contributed by atoms with E-state index in [2.05, 4.69) is 30.5 Å². The number of methoxy groups -OCH3 is 2. The van der Waals surface area contributed by atoms with Crippen molar-refractivity contribution in [3.8, 4) is 22.2 Å². The maximum absolute atomic E-state index is 13.1. The number of hydrogen-bond acceptors (Lipinski definition) is 8. The van der Waals surface area contributed by atoms with Crippen LogP contribution >= 0.6 is 11.3 Å². The minimum atomic E-state index is -0.00788. The average Bonchev–Trinajstić information content (AvgIpc) is 3.66. The molecule has 41 heavy (non-hydrogen) atoms. The molecular formula is C32H43N3O5S. The molecule has 4 rings (SSSR count). The molecule has 0 spiro atoms. The normalized spacial score (nSPS) is 16.2. The molecule has 0 bridgehead atoms. The van der Waals surface area contributed by atoms with Gasteiger partial charge in [0.05, 0.1) is 31.5 Å². The first kappa shape index (κ1) is 32.1. The predicted molar refractivity (Wildman–Crippen MR) is 165 cm³/mol. The Labute approximate surface area is 247 Å². The summed E-state index contributed by atoms with van der Waals surface area (Å²) in [6.45, 7) is 11.3. The molecule has 0 unspecified atom stereocenters. The number of pyridine rings is 1. The topological polar surface area (TPSA) is 90.9 Å². The molecule has 0 saturated heterocycles. The molecule has 0 aliphatic heterocycles. The van der Waals surface area contributed by atoms with E-state index in [-0.39, 0.29) is 17.9 Å². The minimum Gasteiger partial charge on any atom is -0.496 e. The van der Waals surface area contributed by atoms with E-state index in [1.54, 1.807) is 18.4 Å². The smallest absolute Gasteiger partial charge is 0.292 e. The van der Waals surface area contributed by atoms with Gasteiger partial charge in [-0.15, -0.1) is 17.9 Å². The van der Waals surface area contributed by atoms with Gasteiger partial charge in [-0.05, 0) is 63.5 Å². The van der Waals surface area contributed by atoms with Gasteiger partial charge in [-0.25, -0.2) is 9.97 Å². The van der Waals surface area contributed by atoms with Crippen molar-refractivity contribution >= 4 is 34.6 Å². The van der Waals surface area contributed by atoms with Gasteiger partial charge < -0.3 is 19.1 Å². The molecule has 1 aliphatic rings. The van der Waals surface area contributed by atoms with Crippen LogP contribution in [0.25, 0.3) is 21.6 Å². The summed E-state index contributed by atoms with van der Waals surface area (Å²) in [5, 5.41) is 3.94. The second-order valence-corrected chi connectivity index (χ2v) is 11.5. The van der Waals surface area contributed by atoms with Crippen LogP contribution in [0.5, 0.6) is 11.5 Å². The highest BCUT2D eigenvalue weighted by atomic mass is 32.1. The third-order valence-corrected chi connectivity index (χ3v) is 8.23. The van der Waals surface area contributed by atoms with Crippen LogP contribution in [0, 0.1) is 12.8 Å². The van der Waals surface area contributed by atoms with Crippen molar-refractivity contribution in [1.29, 1.82) is 0 Å². The molecule has 2 heterocycles. The third kappa shape index (κ3) is 8.28. The molecule has 3 aromatic rings. The van der Waals surface area contributed by atoms with Crippen LogP contribution in [-0.2, 0) is 14.3 Å². The SMILES string of the molecule is C=CCCCCN(C)C(=O)[C@H]1CC[C@@H](Oc2cc(-c3nc(C(C)C)cs3)nc3c(C)c(OC)ccc23)C1.COC=O. The van der Waals surface area contributed by atoms with E-state index < -0.39 is 0 Å². The van der Waals surface area contributed by atoms with Crippen LogP contribution < -0.4 is 9.47 Å². The number of unbranched alkanes of at least 4 members (excludes halogenated alkanes) is 2. The number of amides is 1. The number of carbonyl (C=O) groups excluding carboxylic acids is 2. The zero-order valence-corrected chi connectivity index (χ0v) is 26.0. The van der Waals surface area contributed by atoms with Crippen LogP contribution in [0.1, 0.15) is 69.5 Å². The molecule has 1 aromatic carbocycles. The lowest BCUT2D eigenvalue weighted by Gasteiger charge is -2.21. The van der Waals surface area contributed by atoms with Crippen LogP contribution in [0.2, 0.25) is 0 Å². The molecule has 0 N–H and O–H groups in total. The van der Waals surface area contributed by atoms with Crippen molar-refractivity contribution in [2.45, 2.75) is 71.3 Å². The van der Waals surface area contributed by atoms with E-state index in [9.17, 15) is 4.79 Å². The van der Waals surface area contributed by atoms with Crippen molar-refractivity contribution in [3.05, 3.63) is 47.5 Å². The Morgan fingerprint density at radius 1 is 1.20 bits per heavy atom. The highest BCUT2D eigenvalue weighted by molar-refractivity contribution is 7.13. The van der Waals surface area contributed by atoms with Crippen molar-refractivity contribution in [1.82, 2.24) is 14.9 Å². The van der Waals surface area contributed by atoms with Gasteiger partial charge in [0, 0.05) is 41.9 Å². The van der Waals surface area contributed by atoms with E-state index >= 15 is 0 Å². The number of aryl methyl sites for hydroxylation is 1. The number of benzene rings is 1. The van der Waals surface area contributed by atoms with Gasteiger partial charge in [-0.1, -0.05) is 19.9 Å². The molecule has 1 saturated carbocycles. The van der Waals surface area contributed by atoms with Gasteiger partial charge in [0.2, 0.25) is 5.91 Å². The fourth-order valence-corrected chi connectivity index (χ4v) is 5.93. The van der Waals surface area contributed by atoms with Gasteiger partial charge in [0.1, 0.15) is 22.2 Å². The van der Waals surface area contributed by atoms with Crippen molar-refractivity contribution in [2.75, 3.05) is 27.8 Å². The molecule has 2 atom stereocenters. The Hall–Kier alpha value is -3.46. The quantitative estimate of drug-likeness (QED) is 0.130. The highest BCUT2D eigenvalue weighted by Crippen LogP contribution is 2.39. The monoisotopic (exact) mass is 581 g/mol. The number of fused-ring (bicyclic) bond motifs is 1. The maximum Gasteiger partial charge on any atom is 0.292 e. The highest BCUT2D eigenvalue weighted by Gasteiger charge is 2.33. The predicted octanol–water partition coefficient (Wildman–Crippen LogP) is 6.95. The Kier molecular flexibility index (Phi) is 12.1. The second-order valence-electron chi connectivity index (χ2n) is 10.7. The average molecular weight is 582 g/mol. The fourth-order valence-electron chi connectivity index (χ4n) is 4.99. The lowest BCUT2D eigenvalue weighted by atomic mass is 10.1. The van der Waals surface area contributed by atoms with E-state index in [4.69, 9.17) is 24.2 Å². The van der Waals surface area contributed by atoms with Gasteiger partial charge in [-0.3, -0.25) is 9.59 Å². The first-order valence-corrected chi connectivity index (χ1v) is 15.0. The number of ether oxygens (including phenoxy) is 3. The van der Waals surface area contributed by atoms with Crippen molar-refractivity contribution in [3.63, 3.8) is 0 Å². The Morgan fingerprint density at radius 2 is 1.95 bits per heavy atom. The van der Waals surface area contributed by atoms with Crippen LogP contribution in [0.4, 0.5) is 0 Å². The van der Waals surface area contributed by atoms with Crippen LogP contribution in [0.15, 0.2) is 36.2 Å². The molecule has 1 aliphatic carbocycles. The Morgan fingerprint density at radius 3 is 2.59 bits per heavy atom. The molecule has 1 amide bonds. The summed E-state index contributed by atoms with van der Waals surface area (Å²) < 4.78 is 16.1. The standard InChI is InChI=1S/C30H39N3O3S.C2H4O2/c1-7-8-9-10-15-33(5)30(34)21-11-12-22(16-21)36-27-17-24(29-32-25(18-37-29)19(2)3)31-28-20(4)26(35-6)14-13-23(27)28;1-4-2-3/h7,13-14,17-19,21-22H,1,8-12,15-16H2,2-6H3;2H,1H3/t21-,22+;/m0./s1. The number of hydrogen-bond donors (Lipinski definition) is 0. The molecule has 9 heteroatoms. The van der Waals surface area contributed by atoms with Gasteiger partial charge >= 0.3 is 0 Å². The number of thiazole rings is 1. The largest absolute Gasteiger partial charge is 0.496 e. The molecule has 222 valence electrons. The van der Waals surface area contributed by atoms with E-state index in [1.165, 1.54) is 7.11 Å². The summed E-state index contributed by atoms with van der Waals surface area (Å²) in [6.07, 6.45) is 7.45. The summed E-state index contributed by atoms with van der Waals surface area (Å²) in [7, 11) is 4.91. The van der Waals surface area contributed by atoms with Gasteiger partial charge in [0.15, 0.2) is 0 Å². The van der Waals surface area contributed by atoms with Crippen LogP contribution in [-0.4, -0.2) is 61.2 Å². The second kappa shape index (κ2) is 15.5.